The quantitative estimate of drug-likeness (QED) is 0.840. The molecular formula is C13H15N3O3S2. The Morgan fingerprint density at radius 1 is 1.29 bits per heavy atom. The van der Waals surface area contributed by atoms with Crippen molar-refractivity contribution in [3.8, 4) is 0 Å². The molecule has 0 spiro atoms. The fourth-order valence-electron chi connectivity index (χ4n) is 1.62. The standard InChI is InChI=1S/C13H15N3O3S2/c1-21(18,19)16-13-15-11(9-20-13)7-12(17)14-8-10-5-3-2-4-6-10/h2-6,9H,7-8H2,1H3,(H,14,17)(H,15,16). The minimum atomic E-state index is -3.34. The van der Waals surface area contributed by atoms with Gasteiger partial charge in [0.25, 0.3) is 0 Å². The summed E-state index contributed by atoms with van der Waals surface area (Å²) in [7, 11) is -3.34. The van der Waals surface area contributed by atoms with Gasteiger partial charge in [0.1, 0.15) is 0 Å². The third kappa shape index (κ3) is 5.52. The molecule has 0 bridgehead atoms. The van der Waals surface area contributed by atoms with Crippen LogP contribution in [0.1, 0.15) is 11.3 Å². The van der Waals surface area contributed by atoms with E-state index in [4.69, 9.17) is 0 Å². The summed E-state index contributed by atoms with van der Waals surface area (Å²) in [5, 5.41) is 4.72. The SMILES string of the molecule is CS(=O)(=O)Nc1nc(CC(=O)NCc2ccccc2)cs1. The summed E-state index contributed by atoms with van der Waals surface area (Å²) in [6.07, 6.45) is 1.18. The number of amides is 1. The lowest BCUT2D eigenvalue weighted by Gasteiger charge is -2.03. The molecular weight excluding hydrogens is 310 g/mol. The Morgan fingerprint density at radius 2 is 2.00 bits per heavy atom. The second-order valence-corrected chi connectivity index (χ2v) is 7.06. The second-order valence-electron chi connectivity index (χ2n) is 4.46. The van der Waals surface area contributed by atoms with Gasteiger partial charge in [0.2, 0.25) is 15.9 Å². The minimum Gasteiger partial charge on any atom is -0.352 e. The molecule has 0 aliphatic carbocycles. The average Bonchev–Trinajstić information content (AvgIpc) is 2.82. The van der Waals surface area contributed by atoms with Gasteiger partial charge in [0, 0.05) is 11.9 Å². The van der Waals surface area contributed by atoms with Gasteiger partial charge in [-0.05, 0) is 5.56 Å². The first-order chi connectivity index (χ1) is 9.92. The molecule has 0 saturated carbocycles. The number of aromatic nitrogens is 1. The largest absolute Gasteiger partial charge is 0.352 e. The van der Waals surface area contributed by atoms with Gasteiger partial charge in [0.05, 0.1) is 18.4 Å². The van der Waals surface area contributed by atoms with Crippen molar-refractivity contribution < 1.29 is 13.2 Å². The lowest BCUT2D eigenvalue weighted by Crippen LogP contribution is -2.24. The Kier molecular flexibility index (Phi) is 4.92. The molecule has 1 aromatic carbocycles. The first-order valence-corrected chi connectivity index (χ1v) is 8.92. The highest BCUT2D eigenvalue weighted by atomic mass is 32.2. The molecule has 0 radical (unpaired) electrons. The van der Waals surface area contributed by atoms with Crippen LogP contribution < -0.4 is 10.0 Å². The molecule has 2 N–H and O–H groups in total. The minimum absolute atomic E-state index is 0.120. The van der Waals surface area contributed by atoms with Crippen molar-refractivity contribution in [1.82, 2.24) is 10.3 Å². The maximum atomic E-state index is 11.8. The zero-order chi connectivity index (χ0) is 15.3. The number of hydrogen-bond acceptors (Lipinski definition) is 5. The van der Waals surface area contributed by atoms with Gasteiger partial charge in [-0.2, -0.15) is 0 Å². The van der Waals surface area contributed by atoms with Crippen LogP contribution in [0.5, 0.6) is 0 Å². The number of benzene rings is 1. The maximum absolute atomic E-state index is 11.8. The number of hydrogen-bond donors (Lipinski definition) is 2. The Bertz CT molecular complexity index is 711. The summed E-state index contributed by atoms with van der Waals surface area (Å²) in [4.78, 5) is 15.9. The number of sulfonamides is 1. The summed E-state index contributed by atoms with van der Waals surface area (Å²) >= 11 is 1.15. The van der Waals surface area contributed by atoms with Crippen LogP contribution in [-0.4, -0.2) is 25.6 Å². The van der Waals surface area contributed by atoms with Gasteiger partial charge in [-0.3, -0.25) is 9.52 Å². The van der Waals surface area contributed by atoms with Crippen LogP contribution in [0.25, 0.3) is 0 Å². The average molecular weight is 325 g/mol. The van der Waals surface area contributed by atoms with Crippen molar-refractivity contribution in [2.24, 2.45) is 0 Å². The zero-order valence-electron chi connectivity index (χ0n) is 11.4. The summed E-state index contributed by atoms with van der Waals surface area (Å²) < 4.78 is 24.4. The fourth-order valence-corrected chi connectivity index (χ4v) is 3.18. The first kappa shape index (κ1) is 15.5. The van der Waals surface area contributed by atoms with E-state index in [1.165, 1.54) is 0 Å². The van der Waals surface area contributed by atoms with Gasteiger partial charge >= 0.3 is 0 Å². The summed E-state index contributed by atoms with van der Waals surface area (Å²) in [5.74, 6) is -0.157. The number of carbonyl (C=O) groups is 1. The Labute approximate surface area is 127 Å². The molecule has 21 heavy (non-hydrogen) atoms. The third-order valence-corrected chi connectivity index (χ3v) is 4.00. The molecule has 2 aromatic rings. The van der Waals surface area contributed by atoms with Crippen LogP contribution in [0.3, 0.4) is 0 Å². The van der Waals surface area contributed by atoms with E-state index in [0.717, 1.165) is 23.2 Å². The van der Waals surface area contributed by atoms with Crippen LogP contribution in [0.2, 0.25) is 0 Å². The number of carbonyl (C=O) groups excluding carboxylic acids is 1. The predicted octanol–water partition coefficient (Wildman–Crippen LogP) is 1.37. The number of nitrogens with zero attached hydrogens (tertiary/aromatic N) is 1. The molecule has 0 atom stereocenters. The van der Waals surface area contributed by atoms with Crippen molar-refractivity contribution in [2.75, 3.05) is 11.0 Å². The van der Waals surface area contributed by atoms with Gasteiger partial charge in [-0.25, -0.2) is 13.4 Å². The maximum Gasteiger partial charge on any atom is 0.231 e. The topological polar surface area (TPSA) is 88.2 Å². The molecule has 1 amide bonds. The normalized spacial score (nSPS) is 11.1. The number of thiazole rings is 1. The van der Waals surface area contributed by atoms with Crippen LogP contribution in [0.4, 0.5) is 5.13 Å². The molecule has 0 aliphatic rings. The van der Waals surface area contributed by atoms with Crippen molar-refractivity contribution in [2.45, 2.75) is 13.0 Å². The highest BCUT2D eigenvalue weighted by Crippen LogP contribution is 2.16. The summed E-state index contributed by atoms with van der Waals surface area (Å²) in [6.45, 7) is 0.457. The van der Waals surface area contributed by atoms with Gasteiger partial charge in [-0.1, -0.05) is 30.3 Å². The van der Waals surface area contributed by atoms with E-state index in [-0.39, 0.29) is 17.5 Å². The molecule has 0 fully saturated rings. The van der Waals surface area contributed by atoms with Crippen LogP contribution in [-0.2, 0) is 27.8 Å². The molecule has 1 heterocycles. The monoisotopic (exact) mass is 325 g/mol. The Morgan fingerprint density at radius 3 is 2.67 bits per heavy atom. The molecule has 8 heteroatoms. The molecule has 0 saturated heterocycles. The van der Waals surface area contributed by atoms with Gasteiger partial charge in [-0.15, -0.1) is 11.3 Å². The zero-order valence-corrected chi connectivity index (χ0v) is 13.0. The van der Waals surface area contributed by atoms with Crippen molar-refractivity contribution >= 4 is 32.4 Å². The first-order valence-electron chi connectivity index (χ1n) is 6.15. The van der Waals surface area contributed by atoms with Crippen LogP contribution in [0, 0.1) is 0 Å². The second kappa shape index (κ2) is 6.68. The number of anilines is 1. The van der Waals surface area contributed by atoms with E-state index in [2.05, 4.69) is 15.0 Å². The molecule has 1 aromatic heterocycles. The Balaban J connectivity index is 1.85. The lowest BCUT2D eigenvalue weighted by molar-refractivity contribution is -0.120. The van der Waals surface area contributed by atoms with Crippen molar-refractivity contribution in [3.63, 3.8) is 0 Å². The lowest BCUT2D eigenvalue weighted by atomic mass is 10.2. The van der Waals surface area contributed by atoms with E-state index in [0.29, 0.717) is 12.2 Å². The number of rotatable bonds is 6. The van der Waals surface area contributed by atoms with E-state index >= 15 is 0 Å². The predicted molar refractivity (Wildman–Crippen MR) is 82.6 cm³/mol. The smallest absolute Gasteiger partial charge is 0.231 e. The highest BCUT2D eigenvalue weighted by Gasteiger charge is 2.10. The fraction of sp³-hybridized carbons (Fsp3) is 0.231. The summed E-state index contributed by atoms with van der Waals surface area (Å²) in [6, 6.07) is 9.58. The van der Waals surface area contributed by atoms with Crippen LogP contribution >= 0.6 is 11.3 Å². The third-order valence-electron chi connectivity index (χ3n) is 2.50. The number of nitrogens with one attached hydrogen (secondary N) is 2. The van der Waals surface area contributed by atoms with Gasteiger partial charge < -0.3 is 5.32 Å². The van der Waals surface area contributed by atoms with Crippen molar-refractivity contribution in [1.29, 1.82) is 0 Å². The summed E-state index contributed by atoms with van der Waals surface area (Å²) in [5.41, 5.74) is 1.56. The Hall–Kier alpha value is -1.93. The van der Waals surface area contributed by atoms with E-state index in [1.807, 2.05) is 30.3 Å². The molecule has 0 aliphatic heterocycles. The van der Waals surface area contributed by atoms with Crippen LogP contribution in [0.15, 0.2) is 35.7 Å². The van der Waals surface area contributed by atoms with E-state index in [1.54, 1.807) is 5.38 Å². The molecule has 6 nitrogen and oxygen atoms in total. The van der Waals surface area contributed by atoms with Gasteiger partial charge in [0.15, 0.2) is 5.13 Å². The highest BCUT2D eigenvalue weighted by molar-refractivity contribution is 7.92. The van der Waals surface area contributed by atoms with E-state index in [9.17, 15) is 13.2 Å². The van der Waals surface area contributed by atoms with Crippen molar-refractivity contribution in [3.05, 3.63) is 47.0 Å². The molecule has 112 valence electrons. The molecule has 0 unspecified atom stereocenters. The molecule has 2 rings (SSSR count). The van der Waals surface area contributed by atoms with E-state index < -0.39 is 10.0 Å².